The van der Waals surface area contributed by atoms with Gasteiger partial charge in [0, 0.05) is 23.9 Å². The van der Waals surface area contributed by atoms with Crippen LogP contribution in [-0.2, 0) is 16.0 Å². The lowest BCUT2D eigenvalue weighted by Gasteiger charge is -2.38. The molecule has 1 aliphatic carbocycles. The van der Waals surface area contributed by atoms with E-state index in [1.54, 1.807) is 16.2 Å². The molecule has 4 rings (SSSR count). The summed E-state index contributed by atoms with van der Waals surface area (Å²) in [6.07, 6.45) is 2.83. The van der Waals surface area contributed by atoms with E-state index >= 15 is 0 Å². The maximum absolute atomic E-state index is 13.4. The Morgan fingerprint density at radius 1 is 1.18 bits per heavy atom. The van der Waals surface area contributed by atoms with E-state index in [0.717, 1.165) is 24.8 Å². The van der Waals surface area contributed by atoms with Crippen LogP contribution >= 0.6 is 11.3 Å². The van der Waals surface area contributed by atoms with Crippen LogP contribution in [0.4, 0.5) is 0 Å². The summed E-state index contributed by atoms with van der Waals surface area (Å²) in [6.45, 7) is 5.75. The van der Waals surface area contributed by atoms with Gasteiger partial charge in [0.25, 0.3) is 0 Å². The summed E-state index contributed by atoms with van der Waals surface area (Å²) in [4.78, 5) is 31.3. The number of benzene rings is 1. The first kappa shape index (κ1) is 19.2. The standard InChI is InChI=1S/C23H28N2O2S/c1-16(2)14-24(23(27)18-8-9-18)15-21(26)25-12-10-20-19(11-13-28-20)22(25)17-6-4-3-5-7-17/h3-7,11,13,16,18,22H,8-10,12,14-15H2,1-2H3. The zero-order chi connectivity index (χ0) is 19.7. The highest BCUT2D eigenvalue weighted by atomic mass is 32.1. The van der Waals surface area contributed by atoms with Gasteiger partial charge in [-0.05, 0) is 47.8 Å². The van der Waals surface area contributed by atoms with E-state index in [-0.39, 0.29) is 30.3 Å². The zero-order valence-corrected chi connectivity index (χ0v) is 17.5. The van der Waals surface area contributed by atoms with Crippen molar-refractivity contribution in [3.05, 3.63) is 57.8 Å². The number of thiophene rings is 1. The molecule has 2 aliphatic rings. The summed E-state index contributed by atoms with van der Waals surface area (Å²) in [6, 6.07) is 12.4. The molecule has 1 saturated carbocycles. The van der Waals surface area contributed by atoms with Crippen molar-refractivity contribution in [3.8, 4) is 0 Å². The summed E-state index contributed by atoms with van der Waals surface area (Å²) >= 11 is 1.77. The van der Waals surface area contributed by atoms with Crippen LogP contribution < -0.4 is 0 Å². The minimum atomic E-state index is -0.0550. The molecule has 2 amide bonds. The molecule has 1 aromatic heterocycles. The minimum absolute atomic E-state index is 0.0550. The molecule has 5 heteroatoms. The van der Waals surface area contributed by atoms with Gasteiger partial charge in [-0.1, -0.05) is 44.2 Å². The summed E-state index contributed by atoms with van der Waals surface area (Å²) in [5.74, 6) is 0.707. The summed E-state index contributed by atoms with van der Waals surface area (Å²) in [7, 11) is 0. The third-order valence-corrected chi connectivity index (χ3v) is 6.55. The predicted molar refractivity (Wildman–Crippen MR) is 112 cm³/mol. The lowest BCUT2D eigenvalue weighted by molar-refractivity contribution is -0.142. The lowest BCUT2D eigenvalue weighted by atomic mass is 9.93. The third-order valence-electron chi connectivity index (χ3n) is 5.55. The van der Waals surface area contributed by atoms with Crippen LogP contribution in [0.1, 0.15) is 48.7 Å². The van der Waals surface area contributed by atoms with E-state index in [2.05, 4.69) is 37.4 Å². The van der Waals surface area contributed by atoms with Crippen molar-refractivity contribution in [1.29, 1.82) is 0 Å². The Morgan fingerprint density at radius 3 is 2.61 bits per heavy atom. The highest BCUT2D eigenvalue weighted by Crippen LogP contribution is 2.38. The van der Waals surface area contributed by atoms with Crippen LogP contribution in [-0.4, -0.2) is 41.2 Å². The highest BCUT2D eigenvalue weighted by molar-refractivity contribution is 7.10. The maximum atomic E-state index is 13.4. The van der Waals surface area contributed by atoms with Gasteiger partial charge >= 0.3 is 0 Å². The van der Waals surface area contributed by atoms with Gasteiger partial charge in [0.2, 0.25) is 11.8 Å². The minimum Gasteiger partial charge on any atom is -0.333 e. The first-order valence-corrected chi connectivity index (χ1v) is 11.1. The average Bonchev–Trinajstić information content (AvgIpc) is 3.43. The molecule has 1 atom stereocenters. The van der Waals surface area contributed by atoms with Gasteiger partial charge in [0.15, 0.2) is 0 Å². The molecular weight excluding hydrogens is 368 g/mol. The van der Waals surface area contributed by atoms with Crippen LogP contribution in [0, 0.1) is 11.8 Å². The van der Waals surface area contributed by atoms with E-state index in [0.29, 0.717) is 19.0 Å². The number of rotatable bonds is 6. The van der Waals surface area contributed by atoms with Gasteiger partial charge in [0.1, 0.15) is 0 Å². The van der Waals surface area contributed by atoms with Crippen LogP contribution in [0.2, 0.25) is 0 Å². The van der Waals surface area contributed by atoms with Crippen molar-refractivity contribution in [3.63, 3.8) is 0 Å². The van der Waals surface area contributed by atoms with Crippen molar-refractivity contribution in [1.82, 2.24) is 9.80 Å². The molecule has 0 bridgehead atoms. The highest BCUT2D eigenvalue weighted by Gasteiger charge is 2.37. The van der Waals surface area contributed by atoms with Gasteiger partial charge < -0.3 is 9.80 Å². The number of amides is 2. The number of nitrogens with zero attached hydrogens (tertiary/aromatic N) is 2. The van der Waals surface area contributed by atoms with E-state index in [4.69, 9.17) is 0 Å². The molecule has 0 radical (unpaired) electrons. The topological polar surface area (TPSA) is 40.6 Å². The maximum Gasteiger partial charge on any atom is 0.242 e. The molecule has 1 aromatic carbocycles. The molecule has 0 spiro atoms. The number of hydrogen-bond acceptors (Lipinski definition) is 3. The molecule has 148 valence electrons. The molecule has 1 aliphatic heterocycles. The molecule has 0 N–H and O–H groups in total. The number of hydrogen-bond donors (Lipinski definition) is 0. The molecule has 2 aromatic rings. The smallest absolute Gasteiger partial charge is 0.242 e. The van der Waals surface area contributed by atoms with Gasteiger partial charge in [-0.25, -0.2) is 0 Å². The number of carbonyl (C=O) groups excluding carboxylic acids is 2. The quantitative estimate of drug-likeness (QED) is 0.737. The largest absolute Gasteiger partial charge is 0.333 e. The molecule has 4 nitrogen and oxygen atoms in total. The second-order valence-electron chi connectivity index (χ2n) is 8.34. The summed E-state index contributed by atoms with van der Waals surface area (Å²) in [5, 5.41) is 2.12. The predicted octanol–water partition coefficient (Wildman–Crippen LogP) is 4.12. The van der Waals surface area contributed by atoms with Crippen molar-refractivity contribution in [2.45, 2.75) is 39.2 Å². The van der Waals surface area contributed by atoms with Crippen molar-refractivity contribution >= 4 is 23.2 Å². The second kappa shape index (κ2) is 8.08. The monoisotopic (exact) mass is 396 g/mol. The molecule has 28 heavy (non-hydrogen) atoms. The van der Waals surface area contributed by atoms with E-state index in [1.165, 1.54) is 10.4 Å². The lowest BCUT2D eigenvalue weighted by Crippen LogP contribution is -2.47. The Morgan fingerprint density at radius 2 is 1.93 bits per heavy atom. The fourth-order valence-corrected chi connectivity index (χ4v) is 5.00. The molecule has 1 fully saturated rings. The summed E-state index contributed by atoms with van der Waals surface area (Å²) < 4.78 is 0. The van der Waals surface area contributed by atoms with Crippen molar-refractivity contribution in [2.24, 2.45) is 11.8 Å². The number of fused-ring (bicyclic) bond motifs is 1. The van der Waals surface area contributed by atoms with E-state index in [9.17, 15) is 9.59 Å². The van der Waals surface area contributed by atoms with E-state index < -0.39 is 0 Å². The van der Waals surface area contributed by atoms with Gasteiger partial charge in [0.05, 0.1) is 12.6 Å². The fourth-order valence-electron chi connectivity index (χ4n) is 4.10. The molecule has 2 heterocycles. The van der Waals surface area contributed by atoms with Crippen molar-refractivity contribution in [2.75, 3.05) is 19.6 Å². The number of carbonyl (C=O) groups is 2. The SMILES string of the molecule is CC(C)CN(CC(=O)N1CCc2sccc2C1c1ccccc1)C(=O)C1CC1. The van der Waals surface area contributed by atoms with Gasteiger partial charge in [-0.3, -0.25) is 9.59 Å². The Bertz CT molecular complexity index is 841. The van der Waals surface area contributed by atoms with Crippen LogP contribution in [0.5, 0.6) is 0 Å². The Kier molecular flexibility index (Phi) is 5.54. The van der Waals surface area contributed by atoms with E-state index in [1.807, 2.05) is 23.1 Å². The van der Waals surface area contributed by atoms with Crippen LogP contribution in [0.3, 0.4) is 0 Å². The molecule has 1 unspecified atom stereocenters. The van der Waals surface area contributed by atoms with Gasteiger partial charge in [-0.15, -0.1) is 11.3 Å². The average molecular weight is 397 g/mol. The second-order valence-corrected chi connectivity index (χ2v) is 9.34. The zero-order valence-electron chi connectivity index (χ0n) is 16.6. The Hall–Kier alpha value is -2.14. The first-order valence-electron chi connectivity index (χ1n) is 10.2. The Labute approximate surface area is 171 Å². The first-order chi connectivity index (χ1) is 13.5. The normalized spacial score (nSPS) is 18.8. The molecular formula is C23H28N2O2S. The van der Waals surface area contributed by atoms with Crippen molar-refractivity contribution < 1.29 is 9.59 Å². The summed E-state index contributed by atoms with van der Waals surface area (Å²) in [5.41, 5.74) is 2.37. The van der Waals surface area contributed by atoms with Gasteiger partial charge in [-0.2, -0.15) is 0 Å². The van der Waals surface area contributed by atoms with Crippen LogP contribution in [0.25, 0.3) is 0 Å². The Balaban J connectivity index is 1.59. The van der Waals surface area contributed by atoms with Crippen LogP contribution in [0.15, 0.2) is 41.8 Å². The molecule has 0 saturated heterocycles. The third kappa shape index (κ3) is 4.00. The fraction of sp³-hybridized carbons (Fsp3) is 0.478.